The van der Waals surface area contributed by atoms with Crippen LogP contribution in [0.2, 0.25) is 0 Å². The Hall–Kier alpha value is -1.55. The van der Waals surface area contributed by atoms with Crippen molar-refractivity contribution in [3.8, 4) is 5.75 Å². The second-order valence-corrected chi connectivity index (χ2v) is 6.45. The van der Waals surface area contributed by atoms with Crippen LogP contribution in [0, 0.1) is 5.92 Å². The summed E-state index contributed by atoms with van der Waals surface area (Å²) < 4.78 is 11.3. The van der Waals surface area contributed by atoms with Crippen molar-refractivity contribution in [3.05, 3.63) is 29.8 Å². The highest BCUT2D eigenvalue weighted by molar-refractivity contribution is 5.78. The summed E-state index contributed by atoms with van der Waals surface area (Å²) in [5, 5.41) is 3.00. The molecule has 1 N–H and O–H groups in total. The van der Waals surface area contributed by atoms with Gasteiger partial charge in [-0.15, -0.1) is 0 Å². The number of ether oxygens (including phenoxy) is 2. The lowest BCUT2D eigenvalue weighted by Gasteiger charge is -2.24. The Morgan fingerprint density at radius 3 is 2.81 bits per heavy atom. The minimum atomic E-state index is -0.253. The second kappa shape index (κ2) is 6.94. The first kappa shape index (κ1) is 15.8. The molecule has 1 aliphatic rings. The molecule has 1 atom stereocenters. The smallest absolute Gasteiger partial charge is 0.225 e. The van der Waals surface area contributed by atoms with Crippen LogP contribution in [0.4, 0.5) is 0 Å². The highest BCUT2D eigenvalue weighted by atomic mass is 16.5. The number of amides is 1. The zero-order chi connectivity index (χ0) is 15.3. The van der Waals surface area contributed by atoms with Gasteiger partial charge in [0.2, 0.25) is 5.91 Å². The largest absolute Gasteiger partial charge is 0.488 e. The average Bonchev–Trinajstić information content (AvgIpc) is 2.45. The van der Waals surface area contributed by atoms with Gasteiger partial charge in [0.05, 0.1) is 12.5 Å². The fraction of sp³-hybridized carbons (Fsp3) is 0.588. The minimum absolute atomic E-state index is 0.0190. The van der Waals surface area contributed by atoms with Gasteiger partial charge in [-0.25, -0.2) is 0 Å². The molecule has 1 heterocycles. The molecule has 0 spiro atoms. The standard InChI is InChI=1S/C17H25NO3/c1-17(2,3)21-15-9-5-4-7-13(15)11-18-16(19)14-8-6-10-20-12-14/h4-5,7,9,14H,6,8,10-12H2,1-3H3,(H,18,19)/t14-/m1/s1. The Labute approximate surface area is 126 Å². The predicted molar refractivity (Wildman–Crippen MR) is 82.2 cm³/mol. The highest BCUT2D eigenvalue weighted by Gasteiger charge is 2.22. The minimum Gasteiger partial charge on any atom is -0.488 e. The van der Waals surface area contributed by atoms with Gasteiger partial charge in [0.25, 0.3) is 0 Å². The quantitative estimate of drug-likeness (QED) is 0.928. The first-order chi connectivity index (χ1) is 9.96. The van der Waals surface area contributed by atoms with E-state index in [0.29, 0.717) is 13.2 Å². The summed E-state index contributed by atoms with van der Waals surface area (Å²) in [5.41, 5.74) is 0.745. The predicted octanol–water partition coefficient (Wildman–Crippen LogP) is 2.91. The van der Waals surface area contributed by atoms with Crippen LogP contribution < -0.4 is 10.1 Å². The number of para-hydroxylation sites is 1. The van der Waals surface area contributed by atoms with Crippen molar-refractivity contribution in [2.24, 2.45) is 5.92 Å². The van der Waals surface area contributed by atoms with Crippen molar-refractivity contribution in [3.63, 3.8) is 0 Å². The number of carbonyl (C=O) groups excluding carboxylic acids is 1. The summed E-state index contributed by atoms with van der Waals surface area (Å²) in [5.74, 6) is 0.875. The number of carbonyl (C=O) groups is 1. The number of hydrogen-bond acceptors (Lipinski definition) is 3. The SMILES string of the molecule is CC(C)(C)Oc1ccccc1CNC(=O)[C@@H]1CCCOC1. The molecule has 2 rings (SSSR count). The molecule has 4 nitrogen and oxygen atoms in total. The molecule has 21 heavy (non-hydrogen) atoms. The van der Waals surface area contributed by atoms with E-state index in [9.17, 15) is 4.79 Å². The van der Waals surface area contributed by atoms with Crippen molar-refractivity contribution in [1.82, 2.24) is 5.32 Å². The molecule has 0 radical (unpaired) electrons. The third-order valence-electron chi connectivity index (χ3n) is 3.37. The van der Waals surface area contributed by atoms with Gasteiger partial charge >= 0.3 is 0 Å². The summed E-state index contributed by atoms with van der Waals surface area (Å²) >= 11 is 0. The number of hydrogen-bond donors (Lipinski definition) is 1. The van der Waals surface area contributed by atoms with E-state index in [0.717, 1.165) is 30.8 Å². The summed E-state index contributed by atoms with van der Waals surface area (Å²) in [7, 11) is 0. The monoisotopic (exact) mass is 291 g/mol. The average molecular weight is 291 g/mol. The molecule has 1 fully saturated rings. The van der Waals surface area contributed by atoms with Crippen molar-refractivity contribution >= 4 is 5.91 Å². The van der Waals surface area contributed by atoms with Gasteiger partial charge in [-0.2, -0.15) is 0 Å². The topological polar surface area (TPSA) is 47.6 Å². The molecule has 0 aliphatic carbocycles. The van der Waals surface area contributed by atoms with Gasteiger partial charge < -0.3 is 14.8 Å². The molecule has 1 amide bonds. The Balaban J connectivity index is 1.94. The Bertz CT molecular complexity index is 473. The lowest BCUT2D eigenvalue weighted by atomic mass is 10.0. The first-order valence-corrected chi connectivity index (χ1v) is 7.58. The number of benzene rings is 1. The molecule has 1 saturated heterocycles. The summed E-state index contributed by atoms with van der Waals surface area (Å²) in [4.78, 5) is 12.1. The Morgan fingerprint density at radius 2 is 2.14 bits per heavy atom. The molecule has 0 aromatic heterocycles. The van der Waals surface area contributed by atoms with Crippen molar-refractivity contribution in [2.45, 2.75) is 45.8 Å². The zero-order valence-electron chi connectivity index (χ0n) is 13.1. The van der Waals surface area contributed by atoms with Crippen LogP contribution in [0.15, 0.2) is 24.3 Å². The van der Waals surface area contributed by atoms with Crippen LogP contribution in [0.25, 0.3) is 0 Å². The first-order valence-electron chi connectivity index (χ1n) is 7.58. The van der Waals surface area contributed by atoms with E-state index in [2.05, 4.69) is 5.32 Å². The molecule has 0 unspecified atom stereocenters. The Morgan fingerprint density at radius 1 is 1.38 bits per heavy atom. The molecule has 1 aromatic carbocycles. The van der Waals surface area contributed by atoms with Gasteiger partial charge in [0.1, 0.15) is 11.4 Å². The third kappa shape index (κ3) is 5.05. The normalized spacial score (nSPS) is 19.1. The molecule has 4 heteroatoms. The maximum atomic E-state index is 12.1. The van der Waals surface area contributed by atoms with Crippen LogP contribution in [0.3, 0.4) is 0 Å². The van der Waals surface area contributed by atoms with Crippen LogP contribution in [-0.4, -0.2) is 24.7 Å². The van der Waals surface area contributed by atoms with E-state index >= 15 is 0 Å². The van der Waals surface area contributed by atoms with Gasteiger partial charge in [0, 0.05) is 18.7 Å². The third-order valence-corrected chi connectivity index (χ3v) is 3.37. The van der Waals surface area contributed by atoms with Crippen molar-refractivity contribution in [1.29, 1.82) is 0 Å². The van der Waals surface area contributed by atoms with E-state index in [1.54, 1.807) is 0 Å². The number of nitrogens with one attached hydrogen (secondary N) is 1. The lowest BCUT2D eigenvalue weighted by Crippen LogP contribution is -2.35. The van der Waals surface area contributed by atoms with Gasteiger partial charge in [-0.05, 0) is 39.7 Å². The van der Waals surface area contributed by atoms with Crippen LogP contribution in [0.1, 0.15) is 39.2 Å². The highest BCUT2D eigenvalue weighted by Crippen LogP contribution is 2.23. The van der Waals surface area contributed by atoms with Gasteiger partial charge in [-0.3, -0.25) is 4.79 Å². The van der Waals surface area contributed by atoms with Crippen LogP contribution in [0.5, 0.6) is 5.75 Å². The second-order valence-electron chi connectivity index (χ2n) is 6.45. The lowest BCUT2D eigenvalue weighted by molar-refractivity contribution is -0.129. The fourth-order valence-electron chi connectivity index (χ4n) is 2.35. The summed E-state index contributed by atoms with van der Waals surface area (Å²) in [6, 6.07) is 7.83. The van der Waals surface area contributed by atoms with Crippen LogP contribution in [-0.2, 0) is 16.1 Å². The zero-order valence-corrected chi connectivity index (χ0v) is 13.1. The van der Waals surface area contributed by atoms with E-state index < -0.39 is 0 Å². The van der Waals surface area contributed by atoms with Gasteiger partial charge in [-0.1, -0.05) is 18.2 Å². The molecule has 0 bridgehead atoms. The molecular weight excluding hydrogens is 266 g/mol. The Kier molecular flexibility index (Phi) is 5.23. The summed E-state index contributed by atoms with van der Waals surface area (Å²) in [6.07, 6.45) is 1.87. The molecule has 1 aliphatic heterocycles. The van der Waals surface area contributed by atoms with Crippen molar-refractivity contribution in [2.75, 3.05) is 13.2 Å². The number of rotatable bonds is 4. The van der Waals surface area contributed by atoms with Gasteiger partial charge in [0.15, 0.2) is 0 Å². The van der Waals surface area contributed by atoms with E-state index in [1.165, 1.54) is 0 Å². The molecule has 1 aromatic rings. The van der Waals surface area contributed by atoms with E-state index in [-0.39, 0.29) is 17.4 Å². The van der Waals surface area contributed by atoms with E-state index in [1.807, 2.05) is 45.0 Å². The molecule has 0 saturated carbocycles. The molecular formula is C17H25NO3. The molecule has 116 valence electrons. The van der Waals surface area contributed by atoms with Crippen LogP contribution >= 0.6 is 0 Å². The fourth-order valence-corrected chi connectivity index (χ4v) is 2.35. The van der Waals surface area contributed by atoms with E-state index in [4.69, 9.17) is 9.47 Å². The van der Waals surface area contributed by atoms with Crippen molar-refractivity contribution < 1.29 is 14.3 Å². The maximum Gasteiger partial charge on any atom is 0.225 e. The maximum absolute atomic E-state index is 12.1. The summed E-state index contributed by atoms with van der Waals surface area (Å²) in [6.45, 7) is 7.84.